The first-order valence-electron chi connectivity index (χ1n) is 4.76. The summed E-state index contributed by atoms with van der Waals surface area (Å²) in [5.74, 6) is -0.890. The van der Waals surface area contributed by atoms with Crippen LogP contribution in [0.4, 0.5) is 0 Å². The van der Waals surface area contributed by atoms with Crippen molar-refractivity contribution in [2.45, 2.75) is 19.8 Å². The zero-order valence-electron chi connectivity index (χ0n) is 8.93. The highest BCUT2D eigenvalue weighted by Gasteiger charge is 2.30. The third-order valence-electron chi connectivity index (χ3n) is 2.37. The molecule has 1 heterocycles. The summed E-state index contributed by atoms with van der Waals surface area (Å²) in [5.41, 5.74) is 0. The van der Waals surface area contributed by atoms with Gasteiger partial charge in [-0.25, -0.2) is 0 Å². The van der Waals surface area contributed by atoms with Crippen LogP contribution in [0.15, 0.2) is 0 Å². The van der Waals surface area contributed by atoms with Crippen molar-refractivity contribution in [3.05, 3.63) is 0 Å². The second kappa shape index (κ2) is 4.46. The van der Waals surface area contributed by atoms with Crippen LogP contribution in [0.3, 0.4) is 0 Å². The van der Waals surface area contributed by atoms with E-state index in [2.05, 4.69) is 8.37 Å². The quantitative estimate of drug-likeness (QED) is 0.645. The van der Waals surface area contributed by atoms with Gasteiger partial charge in [0.2, 0.25) is 6.73 Å². The topological polar surface area (TPSA) is 69.7 Å². The van der Waals surface area contributed by atoms with E-state index >= 15 is 0 Å². The van der Waals surface area contributed by atoms with Gasteiger partial charge in [0.15, 0.2) is 0 Å². The van der Waals surface area contributed by atoms with Gasteiger partial charge in [-0.1, -0.05) is 0 Å². The molecule has 15 heavy (non-hydrogen) atoms. The fourth-order valence-electron chi connectivity index (χ4n) is 1.59. The Labute approximate surface area is 89.7 Å². The highest BCUT2D eigenvalue weighted by atomic mass is 32.3. The minimum Gasteiger partial charge on any atom is -0.325 e. The van der Waals surface area contributed by atoms with E-state index in [0.717, 1.165) is 32.9 Å². The summed E-state index contributed by atoms with van der Waals surface area (Å²) in [7, 11) is -2.26. The molecule has 1 fully saturated rings. The van der Waals surface area contributed by atoms with Crippen molar-refractivity contribution in [2.24, 2.45) is 0 Å². The predicted molar refractivity (Wildman–Crippen MR) is 51.8 cm³/mol. The summed E-state index contributed by atoms with van der Waals surface area (Å²) in [6.45, 7) is 2.81. The third-order valence-corrected chi connectivity index (χ3v) is 3.21. The van der Waals surface area contributed by atoms with E-state index in [1.54, 1.807) is 0 Å². The fraction of sp³-hybridized carbons (Fsp3) is 0.875. The smallest absolute Gasteiger partial charge is 0.325 e. The largest absolute Gasteiger partial charge is 0.456 e. The van der Waals surface area contributed by atoms with Crippen LogP contribution in [0.5, 0.6) is 0 Å². The number of hydrogen-bond donors (Lipinski definition) is 0. The van der Waals surface area contributed by atoms with Crippen molar-refractivity contribution in [1.29, 1.82) is 0 Å². The Hall–Kier alpha value is -0.660. The number of rotatable bonds is 4. The molecule has 0 aromatic rings. The van der Waals surface area contributed by atoms with Crippen molar-refractivity contribution in [1.82, 2.24) is 0 Å². The lowest BCUT2D eigenvalue weighted by Gasteiger charge is -2.27. The van der Waals surface area contributed by atoms with Gasteiger partial charge >= 0.3 is 16.4 Å². The summed E-state index contributed by atoms with van der Waals surface area (Å²) in [6.07, 6.45) is 2.13. The van der Waals surface area contributed by atoms with Gasteiger partial charge in [-0.15, -0.1) is 0 Å². The number of likely N-dealkylation sites (tertiary alicyclic amines) is 1. The summed E-state index contributed by atoms with van der Waals surface area (Å²) in [4.78, 5) is 10.4. The molecule has 6 nitrogen and oxygen atoms in total. The van der Waals surface area contributed by atoms with Crippen molar-refractivity contribution >= 4 is 16.4 Å². The van der Waals surface area contributed by atoms with Gasteiger partial charge in [-0.2, -0.15) is 12.6 Å². The van der Waals surface area contributed by atoms with Crippen LogP contribution in [0.1, 0.15) is 19.8 Å². The van der Waals surface area contributed by atoms with E-state index in [-0.39, 0.29) is 6.73 Å². The summed E-state index contributed by atoms with van der Waals surface area (Å²) < 4.78 is 31.3. The van der Waals surface area contributed by atoms with Gasteiger partial charge in [0.1, 0.15) is 0 Å². The summed E-state index contributed by atoms with van der Waals surface area (Å²) in [5, 5.41) is 0. The molecule has 0 unspecified atom stereocenters. The highest BCUT2D eigenvalue weighted by Crippen LogP contribution is 2.16. The highest BCUT2D eigenvalue weighted by molar-refractivity contribution is 7.82. The molecule has 0 radical (unpaired) electrons. The van der Waals surface area contributed by atoms with Crippen LogP contribution in [-0.4, -0.2) is 45.7 Å². The first-order valence-corrected chi connectivity index (χ1v) is 6.09. The van der Waals surface area contributed by atoms with Gasteiger partial charge < -0.3 is 8.67 Å². The molecule has 0 aromatic carbocycles. The molecule has 1 aliphatic heterocycles. The number of carbonyl (C=O) groups is 1. The van der Waals surface area contributed by atoms with Crippen LogP contribution < -0.4 is 0 Å². The zero-order valence-corrected chi connectivity index (χ0v) is 9.75. The van der Waals surface area contributed by atoms with E-state index in [4.69, 9.17) is 0 Å². The molecule has 0 saturated carbocycles. The molecule has 0 N–H and O–H groups in total. The second-order valence-corrected chi connectivity index (χ2v) is 5.22. The molecular weight excluding hydrogens is 222 g/mol. The van der Waals surface area contributed by atoms with Gasteiger partial charge in [-0.3, -0.25) is 4.79 Å². The lowest BCUT2D eigenvalue weighted by atomic mass is 10.4. The maximum atomic E-state index is 11.1. The van der Waals surface area contributed by atoms with Gasteiger partial charge in [0, 0.05) is 19.8 Å². The van der Waals surface area contributed by atoms with Gasteiger partial charge in [0.05, 0.1) is 20.1 Å². The van der Waals surface area contributed by atoms with Crippen molar-refractivity contribution in [3.8, 4) is 0 Å². The predicted octanol–water partition coefficient (Wildman–Crippen LogP) is 0.00880. The van der Waals surface area contributed by atoms with Gasteiger partial charge in [0.25, 0.3) is 0 Å². The monoisotopic (exact) mass is 238 g/mol. The summed E-state index contributed by atoms with van der Waals surface area (Å²) >= 11 is 0. The molecule has 1 rings (SSSR count). The van der Waals surface area contributed by atoms with E-state index in [0.29, 0.717) is 4.48 Å². The molecule has 0 spiro atoms. The minimum atomic E-state index is -4.17. The van der Waals surface area contributed by atoms with E-state index in [1.165, 1.54) is 0 Å². The first-order chi connectivity index (χ1) is 6.83. The van der Waals surface area contributed by atoms with Crippen molar-refractivity contribution in [2.75, 3.05) is 26.9 Å². The molecule has 7 heteroatoms. The van der Waals surface area contributed by atoms with Crippen LogP contribution in [0.2, 0.25) is 0 Å². The van der Waals surface area contributed by atoms with E-state index in [1.807, 2.05) is 7.05 Å². The molecular formula is C8H16NO5S+. The van der Waals surface area contributed by atoms with Crippen LogP contribution in [-0.2, 0) is 23.6 Å². The average molecular weight is 238 g/mol. The standard InChI is InChI=1S/C8H16NO5S/c1-8(10)14-15(11,12)13-7-9(2)5-3-4-6-9/h3-7H2,1-2H3/q+1. The molecule has 88 valence electrons. The molecule has 1 aliphatic rings. The molecule has 0 bridgehead atoms. The molecule has 1 saturated heterocycles. The zero-order chi connectivity index (χ0) is 11.5. The Balaban J connectivity index is 2.45. The fourth-order valence-corrected chi connectivity index (χ4v) is 2.31. The third kappa shape index (κ3) is 4.15. The van der Waals surface area contributed by atoms with Crippen LogP contribution >= 0.6 is 0 Å². The number of carbonyl (C=O) groups excluding carboxylic acids is 1. The Morgan fingerprint density at radius 2 is 1.87 bits per heavy atom. The number of hydrogen-bond acceptors (Lipinski definition) is 5. The van der Waals surface area contributed by atoms with Crippen molar-refractivity contribution < 1.29 is 26.1 Å². The summed E-state index contributed by atoms with van der Waals surface area (Å²) in [6, 6.07) is 0. The Morgan fingerprint density at radius 3 is 2.33 bits per heavy atom. The van der Waals surface area contributed by atoms with Crippen LogP contribution in [0.25, 0.3) is 0 Å². The number of quaternary nitrogens is 1. The lowest BCUT2D eigenvalue weighted by molar-refractivity contribution is -0.913. The first kappa shape index (κ1) is 12.4. The average Bonchev–Trinajstić information content (AvgIpc) is 2.48. The number of nitrogens with zero attached hydrogens (tertiary/aromatic N) is 1. The van der Waals surface area contributed by atoms with Gasteiger partial charge in [-0.05, 0) is 0 Å². The maximum Gasteiger partial charge on any atom is 0.456 e. The molecule has 0 aliphatic carbocycles. The normalized spacial score (nSPS) is 20.1. The van der Waals surface area contributed by atoms with E-state index < -0.39 is 16.4 Å². The molecule has 0 amide bonds. The Bertz CT molecular complexity index is 331. The minimum absolute atomic E-state index is 0.0234. The van der Waals surface area contributed by atoms with E-state index in [9.17, 15) is 13.2 Å². The molecule has 0 aromatic heterocycles. The Kier molecular flexibility index (Phi) is 3.69. The SMILES string of the molecule is CC(=O)OS(=O)(=O)OC[N+]1(C)CCCC1. The van der Waals surface area contributed by atoms with Crippen LogP contribution in [0, 0.1) is 0 Å². The maximum absolute atomic E-state index is 11.1. The second-order valence-electron chi connectivity index (χ2n) is 4.00. The van der Waals surface area contributed by atoms with Crippen molar-refractivity contribution in [3.63, 3.8) is 0 Å². The lowest BCUT2D eigenvalue weighted by Crippen LogP contribution is -2.43. The molecule has 0 atom stereocenters. The Morgan fingerprint density at radius 1 is 1.33 bits per heavy atom.